The number of ether oxygens (including phenoxy) is 1. The van der Waals surface area contributed by atoms with Crippen LogP contribution in [0.2, 0.25) is 0 Å². The van der Waals surface area contributed by atoms with E-state index in [1.807, 2.05) is 35.8 Å². The number of pyridine rings is 1. The van der Waals surface area contributed by atoms with Crippen LogP contribution in [-0.2, 0) is 11.3 Å². The molecule has 0 saturated heterocycles. The Labute approximate surface area is 116 Å². The Morgan fingerprint density at radius 3 is 2.85 bits per heavy atom. The van der Waals surface area contributed by atoms with Crippen LogP contribution in [0.5, 0.6) is 5.75 Å². The highest BCUT2D eigenvalue weighted by atomic mass is 16.5. The molecule has 3 rings (SSSR count). The number of nitrogens with zero attached hydrogens (tertiary/aromatic N) is 2. The average Bonchev–Trinajstić information content (AvgIpc) is 2.73. The summed E-state index contributed by atoms with van der Waals surface area (Å²) >= 11 is 0. The zero-order chi connectivity index (χ0) is 14.3. The fraction of sp³-hybridized carbons (Fsp3) is 0.200. The summed E-state index contributed by atoms with van der Waals surface area (Å²) in [5, 5.41) is 2.13. The molecule has 0 aliphatic rings. The van der Waals surface area contributed by atoms with Crippen LogP contribution in [0.15, 0.2) is 30.5 Å². The van der Waals surface area contributed by atoms with Crippen molar-refractivity contribution in [2.24, 2.45) is 5.73 Å². The van der Waals surface area contributed by atoms with Crippen LogP contribution in [-0.4, -0.2) is 22.6 Å². The summed E-state index contributed by atoms with van der Waals surface area (Å²) in [5.74, 6) is 0.367. The maximum absolute atomic E-state index is 11.4. The molecule has 2 N–H and O–H groups in total. The fourth-order valence-corrected chi connectivity index (χ4v) is 2.65. The van der Waals surface area contributed by atoms with E-state index in [2.05, 4.69) is 4.98 Å². The van der Waals surface area contributed by atoms with Gasteiger partial charge in [0.05, 0.1) is 23.8 Å². The molecule has 2 aromatic heterocycles. The zero-order valence-corrected chi connectivity index (χ0v) is 11.4. The summed E-state index contributed by atoms with van der Waals surface area (Å²) in [6.07, 6.45) is 1.77. The molecule has 0 aliphatic heterocycles. The lowest BCUT2D eigenvalue weighted by Gasteiger charge is -2.06. The third kappa shape index (κ3) is 1.79. The van der Waals surface area contributed by atoms with Crippen LogP contribution in [0, 0.1) is 6.92 Å². The van der Waals surface area contributed by atoms with E-state index in [9.17, 15) is 4.79 Å². The number of aromatic nitrogens is 2. The molecule has 5 heteroatoms. The zero-order valence-electron chi connectivity index (χ0n) is 11.4. The highest BCUT2D eigenvalue weighted by Gasteiger charge is 2.14. The van der Waals surface area contributed by atoms with Gasteiger partial charge in [-0.05, 0) is 25.1 Å². The van der Waals surface area contributed by atoms with Gasteiger partial charge in [0.25, 0.3) is 0 Å². The minimum absolute atomic E-state index is 0.125. The van der Waals surface area contributed by atoms with Crippen molar-refractivity contribution in [1.29, 1.82) is 0 Å². The SMILES string of the molecule is COc1ccc2c3ccnc(C)c3n(CC(N)=O)c2c1. The summed E-state index contributed by atoms with van der Waals surface area (Å²) in [5.41, 5.74) is 8.11. The number of fused-ring (bicyclic) bond motifs is 3. The van der Waals surface area contributed by atoms with E-state index in [4.69, 9.17) is 10.5 Å². The van der Waals surface area contributed by atoms with E-state index in [0.29, 0.717) is 0 Å². The number of primary amides is 1. The van der Waals surface area contributed by atoms with Crippen molar-refractivity contribution in [2.75, 3.05) is 7.11 Å². The third-order valence-electron chi connectivity index (χ3n) is 3.48. The maximum atomic E-state index is 11.4. The van der Waals surface area contributed by atoms with E-state index in [0.717, 1.165) is 33.2 Å². The number of methoxy groups -OCH3 is 1. The average molecular weight is 269 g/mol. The van der Waals surface area contributed by atoms with Crippen molar-refractivity contribution in [1.82, 2.24) is 9.55 Å². The molecule has 0 saturated carbocycles. The van der Waals surface area contributed by atoms with E-state index in [1.165, 1.54) is 0 Å². The van der Waals surface area contributed by atoms with Crippen molar-refractivity contribution in [2.45, 2.75) is 13.5 Å². The van der Waals surface area contributed by atoms with Crippen molar-refractivity contribution >= 4 is 27.7 Å². The van der Waals surface area contributed by atoms with Gasteiger partial charge in [0.1, 0.15) is 12.3 Å². The number of carbonyl (C=O) groups excluding carboxylic acids is 1. The molecule has 1 amide bonds. The Morgan fingerprint density at radius 1 is 1.35 bits per heavy atom. The Bertz CT molecular complexity index is 821. The number of rotatable bonds is 3. The molecule has 0 fully saturated rings. The molecule has 0 radical (unpaired) electrons. The molecular formula is C15H15N3O2. The van der Waals surface area contributed by atoms with Crippen LogP contribution >= 0.6 is 0 Å². The van der Waals surface area contributed by atoms with Crippen molar-refractivity contribution in [3.05, 3.63) is 36.2 Å². The highest BCUT2D eigenvalue weighted by molar-refractivity contribution is 6.09. The molecule has 0 unspecified atom stereocenters. The van der Waals surface area contributed by atoms with Crippen LogP contribution in [0.1, 0.15) is 5.69 Å². The summed E-state index contributed by atoms with van der Waals surface area (Å²) < 4.78 is 7.16. The van der Waals surface area contributed by atoms with E-state index >= 15 is 0 Å². The molecule has 1 aromatic carbocycles. The second kappa shape index (κ2) is 4.52. The first-order valence-corrected chi connectivity index (χ1v) is 6.31. The second-order valence-electron chi connectivity index (χ2n) is 4.73. The van der Waals surface area contributed by atoms with Crippen molar-refractivity contribution < 1.29 is 9.53 Å². The highest BCUT2D eigenvalue weighted by Crippen LogP contribution is 2.32. The van der Waals surface area contributed by atoms with Gasteiger partial charge >= 0.3 is 0 Å². The number of hydrogen-bond acceptors (Lipinski definition) is 3. The quantitative estimate of drug-likeness (QED) is 0.790. The standard InChI is InChI=1S/C15H15N3O2/c1-9-15-12(5-6-17-9)11-4-3-10(20-2)7-13(11)18(15)8-14(16)19/h3-7H,8H2,1-2H3,(H2,16,19). The van der Waals surface area contributed by atoms with E-state index in [-0.39, 0.29) is 12.5 Å². The molecule has 20 heavy (non-hydrogen) atoms. The number of nitrogens with two attached hydrogens (primary N) is 1. The molecule has 0 aliphatic carbocycles. The predicted molar refractivity (Wildman–Crippen MR) is 77.7 cm³/mol. The van der Waals surface area contributed by atoms with Crippen LogP contribution < -0.4 is 10.5 Å². The van der Waals surface area contributed by atoms with Gasteiger partial charge in [-0.15, -0.1) is 0 Å². The van der Waals surface area contributed by atoms with Gasteiger partial charge in [-0.3, -0.25) is 9.78 Å². The normalized spacial score (nSPS) is 11.1. The lowest BCUT2D eigenvalue weighted by atomic mass is 10.1. The largest absolute Gasteiger partial charge is 0.497 e. The van der Waals surface area contributed by atoms with Crippen LogP contribution in [0.3, 0.4) is 0 Å². The Balaban J connectivity index is 2.46. The van der Waals surface area contributed by atoms with Gasteiger partial charge in [-0.25, -0.2) is 0 Å². The number of benzene rings is 1. The minimum Gasteiger partial charge on any atom is -0.497 e. The lowest BCUT2D eigenvalue weighted by molar-refractivity contribution is -0.118. The summed E-state index contributed by atoms with van der Waals surface area (Å²) in [7, 11) is 1.62. The predicted octanol–water partition coefficient (Wildman–Crippen LogP) is 1.99. The first-order valence-electron chi connectivity index (χ1n) is 6.31. The van der Waals surface area contributed by atoms with Gasteiger partial charge in [0.15, 0.2) is 0 Å². The van der Waals surface area contributed by atoms with Crippen molar-refractivity contribution in [3.63, 3.8) is 0 Å². The number of carbonyl (C=O) groups is 1. The maximum Gasteiger partial charge on any atom is 0.237 e. The minimum atomic E-state index is -0.380. The second-order valence-corrected chi connectivity index (χ2v) is 4.73. The summed E-state index contributed by atoms with van der Waals surface area (Å²) in [6, 6.07) is 7.77. The van der Waals surface area contributed by atoms with Gasteiger partial charge < -0.3 is 15.0 Å². The van der Waals surface area contributed by atoms with E-state index in [1.54, 1.807) is 13.3 Å². The fourth-order valence-electron chi connectivity index (χ4n) is 2.65. The van der Waals surface area contributed by atoms with Crippen molar-refractivity contribution in [3.8, 4) is 5.75 Å². The molecule has 2 heterocycles. The molecule has 3 aromatic rings. The van der Waals surface area contributed by atoms with Crippen LogP contribution in [0.25, 0.3) is 21.8 Å². The third-order valence-corrected chi connectivity index (χ3v) is 3.48. The first kappa shape index (κ1) is 12.5. The molecular weight excluding hydrogens is 254 g/mol. The monoisotopic (exact) mass is 269 g/mol. The Morgan fingerprint density at radius 2 is 2.15 bits per heavy atom. The summed E-state index contributed by atoms with van der Waals surface area (Å²) in [4.78, 5) is 15.7. The van der Waals surface area contributed by atoms with Gasteiger partial charge in [0.2, 0.25) is 5.91 Å². The number of amides is 1. The van der Waals surface area contributed by atoms with Gasteiger partial charge in [0, 0.05) is 23.0 Å². The molecule has 0 atom stereocenters. The number of hydrogen-bond donors (Lipinski definition) is 1. The van der Waals surface area contributed by atoms with Gasteiger partial charge in [-0.1, -0.05) is 0 Å². The molecule has 0 spiro atoms. The van der Waals surface area contributed by atoms with Gasteiger partial charge in [-0.2, -0.15) is 0 Å². The Kier molecular flexibility index (Phi) is 2.82. The smallest absolute Gasteiger partial charge is 0.237 e. The molecule has 5 nitrogen and oxygen atoms in total. The summed E-state index contributed by atoms with van der Waals surface area (Å²) in [6.45, 7) is 2.05. The molecule has 0 bridgehead atoms. The Hall–Kier alpha value is -2.56. The first-order chi connectivity index (χ1) is 9.61. The number of aryl methyl sites for hydroxylation is 1. The van der Waals surface area contributed by atoms with E-state index < -0.39 is 0 Å². The molecule has 102 valence electrons. The van der Waals surface area contributed by atoms with Crippen LogP contribution in [0.4, 0.5) is 0 Å². The lowest BCUT2D eigenvalue weighted by Crippen LogP contribution is -2.18. The topological polar surface area (TPSA) is 70.1 Å².